The van der Waals surface area contributed by atoms with E-state index in [0.717, 1.165) is 11.3 Å². The van der Waals surface area contributed by atoms with E-state index in [1.54, 1.807) is 22.7 Å². The molecule has 0 bridgehead atoms. The summed E-state index contributed by atoms with van der Waals surface area (Å²) in [5, 5.41) is 7.13. The van der Waals surface area contributed by atoms with E-state index in [-0.39, 0.29) is 17.5 Å². The molecule has 6 heteroatoms. The molecule has 3 rings (SSSR count). The molecule has 26 heavy (non-hydrogen) atoms. The van der Waals surface area contributed by atoms with Gasteiger partial charge in [0.05, 0.1) is 5.69 Å². The van der Waals surface area contributed by atoms with Crippen LogP contribution in [0.25, 0.3) is 5.69 Å². The molecule has 0 saturated heterocycles. The summed E-state index contributed by atoms with van der Waals surface area (Å²) in [6.45, 7) is 1.90. The number of carbonyl (C=O) groups excluding carboxylic acids is 2. The summed E-state index contributed by atoms with van der Waals surface area (Å²) >= 11 is 0. The highest BCUT2D eigenvalue weighted by atomic mass is 16.2. The Morgan fingerprint density at radius 2 is 1.65 bits per heavy atom. The molecule has 6 nitrogen and oxygen atoms in total. The maximum Gasteiger partial charge on any atom is 0.274 e. The van der Waals surface area contributed by atoms with Crippen LogP contribution < -0.4 is 5.32 Å². The van der Waals surface area contributed by atoms with E-state index < -0.39 is 0 Å². The van der Waals surface area contributed by atoms with E-state index in [1.165, 1.54) is 6.92 Å². The van der Waals surface area contributed by atoms with Gasteiger partial charge < -0.3 is 10.2 Å². The molecule has 0 radical (unpaired) electrons. The monoisotopic (exact) mass is 348 g/mol. The number of nitrogens with zero attached hydrogens (tertiary/aromatic N) is 3. The van der Waals surface area contributed by atoms with Gasteiger partial charge in [-0.25, -0.2) is 4.68 Å². The van der Waals surface area contributed by atoms with Gasteiger partial charge in [-0.3, -0.25) is 9.59 Å². The third kappa shape index (κ3) is 3.97. The number of anilines is 1. The number of para-hydroxylation sites is 1. The Kier molecular flexibility index (Phi) is 5.12. The molecule has 0 spiro atoms. The minimum Gasteiger partial charge on any atom is -0.336 e. The Morgan fingerprint density at radius 1 is 1.04 bits per heavy atom. The van der Waals surface area contributed by atoms with Crippen LogP contribution in [-0.2, 0) is 11.3 Å². The summed E-state index contributed by atoms with van der Waals surface area (Å²) in [6, 6.07) is 20.7. The molecule has 0 unspecified atom stereocenters. The second kappa shape index (κ2) is 7.65. The lowest BCUT2D eigenvalue weighted by Crippen LogP contribution is -2.26. The van der Waals surface area contributed by atoms with Crippen molar-refractivity contribution in [2.24, 2.45) is 0 Å². The minimum absolute atomic E-state index is 0.213. The first-order valence-corrected chi connectivity index (χ1v) is 8.27. The van der Waals surface area contributed by atoms with Gasteiger partial charge in [0.2, 0.25) is 5.91 Å². The van der Waals surface area contributed by atoms with E-state index in [2.05, 4.69) is 10.4 Å². The summed E-state index contributed by atoms with van der Waals surface area (Å²) in [5.74, 6) is 0.0222. The van der Waals surface area contributed by atoms with Crippen molar-refractivity contribution in [3.05, 3.63) is 78.0 Å². The van der Waals surface area contributed by atoms with E-state index >= 15 is 0 Å². The molecule has 1 aromatic heterocycles. The number of aromatic nitrogens is 2. The average molecular weight is 348 g/mol. The normalized spacial score (nSPS) is 10.4. The molecule has 0 saturated carbocycles. The number of nitrogens with one attached hydrogen (secondary N) is 1. The van der Waals surface area contributed by atoms with E-state index in [0.29, 0.717) is 12.4 Å². The largest absolute Gasteiger partial charge is 0.336 e. The SMILES string of the molecule is CC(=O)Nc1cc(C(=O)N(C)Cc2ccccc2)nn1-c1ccccc1. The van der Waals surface area contributed by atoms with Gasteiger partial charge >= 0.3 is 0 Å². The van der Waals surface area contributed by atoms with Crippen LogP contribution >= 0.6 is 0 Å². The maximum atomic E-state index is 12.8. The predicted molar refractivity (Wildman–Crippen MR) is 100 cm³/mol. The number of hydrogen-bond donors (Lipinski definition) is 1. The Labute approximate surface area is 152 Å². The zero-order valence-corrected chi connectivity index (χ0v) is 14.7. The molecule has 2 amide bonds. The smallest absolute Gasteiger partial charge is 0.274 e. The second-order valence-corrected chi connectivity index (χ2v) is 5.99. The molecule has 0 aliphatic heterocycles. The fraction of sp³-hybridized carbons (Fsp3) is 0.150. The summed E-state index contributed by atoms with van der Waals surface area (Å²) in [7, 11) is 1.73. The Morgan fingerprint density at radius 3 is 2.27 bits per heavy atom. The molecular formula is C20H20N4O2. The number of benzene rings is 2. The van der Waals surface area contributed by atoms with Crippen LogP contribution in [0.3, 0.4) is 0 Å². The summed E-state index contributed by atoms with van der Waals surface area (Å²) in [6.07, 6.45) is 0. The fourth-order valence-electron chi connectivity index (χ4n) is 2.65. The predicted octanol–water partition coefficient (Wildman–Crippen LogP) is 3.10. The van der Waals surface area contributed by atoms with Crippen molar-refractivity contribution in [1.29, 1.82) is 0 Å². The van der Waals surface area contributed by atoms with Crippen molar-refractivity contribution in [2.45, 2.75) is 13.5 Å². The standard InChI is InChI=1S/C20H20N4O2/c1-15(25)21-19-13-18(22-24(19)17-11-7-4-8-12-17)20(26)23(2)14-16-9-5-3-6-10-16/h3-13H,14H2,1-2H3,(H,21,25). The lowest BCUT2D eigenvalue weighted by Gasteiger charge is -2.15. The quantitative estimate of drug-likeness (QED) is 0.770. The van der Waals surface area contributed by atoms with Crippen LogP contribution in [0.15, 0.2) is 66.7 Å². The van der Waals surface area contributed by atoms with Gasteiger partial charge in [-0.2, -0.15) is 5.10 Å². The molecule has 3 aromatic rings. The summed E-state index contributed by atoms with van der Waals surface area (Å²) in [4.78, 5) is 25.9. The van der Waals surface area contributed by atoms with E-state index in [1.807, 2.05) is 60.7 Å². The Bertz CT molecular complexity index is 904. The molecule has 0 aliphatic carbocycles. The second-order valence-electron chi connectivity index (χ2n) is 5.99. The molecule has 0 aliphatic rings. The van der Waals surface area contributed by atoms with Gasteiger partial charge in [-0.15, -0.1) is 0 Å². The van der Waals surface area contributed by atoms with Gasteiger partial charge in [0.25, 0.3) is 5.91 Å². The van der Waals surface area contributed by atoms with Crippen molar-refractivity contribution in [3.63, 3.8) is 0 Å². The van der Waals surface area contributed by atoms with Crippen molar-refractivity contribution in [2.75, 3.05) is 12.4 Å². The molecule has 0 fully saturated rings. The third-order valence-corrected chi connectivity index (χ3v) is 3.84. The maximum absolute atomic E-state index is 12.8. The summed E-state index contributed by atoms with van der Waals surface area (Å²) in [5.41, 5.74) is 2.07. The first-order chi connectivity index (χ1) is 12.5. The van der Waals surface area contributed by atoms with Crippen LogP contribution in [0.2, 0.25) is 0 Å². The van der Waals surface area contributed by atoms with Crippen molar-refractivity contribution in [1.82, 2.24) is 14.7 Å². The number of amides is 2. The van der Waals surface area contributed by atoms with Gasteiger partial charge in [0.15, 0.2) is 5.69 Å². The van der Waals surface area contributed by atoms with Gasteiger partial charge in [-0.1, -0.05) is 48.5 Å². The lowest BCUT2D eigenvalue weighted by molar-refractivity contribution is -0.114. The van der Waals surface area contributed by atoms with Gasteiger partial charge in [-0.05, 0) is 17.7 Å². The van der Waals surface area contributed by atoms with E-state index in [4.69, 9.17) is 0 Å². The highest BCUT2D eigenvalue weighted by Crippen LogP contribution is 2.18. The lowest BCUT2D eigenvalue weighted by atomic mass is 10.2. The zero-order chi connectivity index (χ0) is 18.5. The van der Waals surface area contributed by atoms with E-state index in [9.17, 15) is 9.59 Å². The first kappa shape index (κ1) is 17.4. The molecule has 1 heterocycles. The molecule has 2 aromatic carbocycles. The highest BCUT2D eigenvalue weighted by Gasteiger charge is 2.19. The fourth-order valence-corrected chi connectivity index (χ4v) is 2.65. The topological polar surface area (TPSA) is 67.2 Å². The van der Waals surface area contributed by atoms with Gasteiger partial charge in [0.1, 0.15) is 5.82 Å². The Hall–Kier alpha value is -3.41. The molecular weight excluding hydrogens is 328 g/mol. The van der Waals surface area contributed by atoms with Crippen LogP contribution in [0.4, 0.5) is 5.82 Å². The van der Waals surface area contributed by atoms with Crippen molar-refractivity contribution in [3.8, 4) is 5.69 Å². The first-order valence-electron chi connectivity index (χ1n) is 8.27. The number of rotatable bonds is 5. The highest BCUT2D eigenvalue weighted by molar-refractivity contribution is 5.95. The molecule has 1 N–H and O–H groups in total. The minimum atomic E-state index is -0.223. The van der Waals surface area contributed by atoms with Crippen LogP contribution in [0.1, 0.15) is 23.0 Å². The zero-order valence-electron chi connectivity index (χ0n) is 14.7. The van der Waals surface area contributed by atoms with Crippen LogP contribution in [0, 0.1) is 0 Å². The van der Waals surface area contributed by atoms with Crippen molar-refractivity contribution >= 4 is 17.6 Å². The molecule has 0 atom stereocenters. The van der Waals surface area contributed by atoms with Crippen LogP contribution in [0.5, 0.6) is 0 Å². The number of carbonyl (C=O) groups is 2. The Balaban J connectivity index is 1.88. The summed E-state index contributed by atoms with van der Waals surface area (Å²) < 4.78 is 1.56. The average Bonchev–Trinajstić information content (AvgIpc) is 3.05. The van der Waals surface area contributed by atoms with Crippen molar-refractivity contribution < 1.29 is 9.59 Å². The molecule has 132 valence electrons. The van der Waals surface area contributed by atoms with Crippen LogP contribution in [-0.4, -0.2) is 33.5 Å². The number of hydrogen-bond acceptors (Lipinski definition) is 3. The third-order valence-electron chi connectivity index (χ3n) is 3.84. The van der Waals surface area contributed by atoms with Gasteiger partial charge in [0, 0.05) is 26.6 Å².